The quantitative estimate of drug-likeness (QED) is 0.468. The van der Waals surface area contributed by atoms with Crippen molar-refractivity contribution in [2.75, 3.05) is 13.1 Å². The van der Waals surface area contributed by atoms with Crippen LogP contribution in [-0.2, 0) is 4.79 Å². The van der Waals surface area contributed by atoms with Crippen molar-refractivity contribution < 1.29 is 4.79 Å². The van der Waals surface area contributed by atoms with Crippen LogP contribution in [0.15, 0.2) is 12.7 Å². The molecule has 0 aromatic heterocycles. The SMILES string of the molecule is C=CC(C)N1CCCC(C=O)C1. The molecule has 0 bridgehead atoms. The molecule has 0 N–H and O–H groups in total. The first-order chi connectivity index (χ1) is 5.77. The van der Waals surface area contributed by atoms with Crippen LogP contribution in [0.2, 0.25) is 0 Å². The van der Waals surface area contributed by atoms with Crippen molar-refractivity contribution in [1.82, 2.24) is 4.90 Å². The van der Waals surface area contributed by atoms with Crippen LogP contribution in [0.4, 0.5) is 0 Å². The summed E-state index contributed by atoms with van der Waals surface area (Å²) in [5.41, 5.74) is 0. The van der Waals surface area contributed by atoms with Crippen LogP contribution < -0.4 is 0 Å². The Balaban J connectivity index is 2.44. The maximum absolute atomic E-state index is 10.6. The summed E-state index contributed by atoms with van der Waals surface area (Å²) >= 11 is 0. The van der Waals surface area contributed by atoms with Gasteiger partial charge in [-0.15, -0.1) is 6.58 Å². The number of carbonyl (C=O) groups is 1. The first-order valence-corrected chi connectivity index (χ1v) is 4.60. The first kappa shape index (κ1) is 9.46. The third-order valence-electron chi connectivity index (χ3n) is 2.60. The minimum absolute atomic E-state index is 0.251. The molecule has 1 aliphatic heterocycles. The Morgan fingerprint density at radius 3 is 3.00 bits per heavy atom. The number of aldehydes is 1. The highest BCUT2D eigenvalue weighted by Crippen LogP contribution is 2.16. The normalized spacial score (nSPS) is 27.9. The standard InChI is InChI=1S/C10H17NO/c1-3-9(2)11-6-4-5-10(7-11)8-12/h3,8-10H,1,4-7H2,2H3. The maximum Gasteiger partial charge on any atom is 0.124 e. The molecule has 12 heavy (non-hydrogen) atoms. The number of carbonyl (C=O) groups excluding carboxylic acids is 1. The molecule has 2 unspecified atom stereocenters. The molecule has 0 spiro atoms. The summed E-state index contributed by atoms with van der Waals surface area (Å²) in [4.78, 5) is 12.9. The molecule has 0 saturated carbocycles. The van der Waals surface area contributed by atoms with Gasteiger partial charge in [-0.25, -0.2) is 0 Å². The number of hydrogen-bond donors (Lipinski definition) is 0. The summed E-state index contributed by atoms with van der Waals surface area (Å²) in [6.07, 6.45) is 5.22. The van der Waals surface area contributed by atoms with Gasteiger partial charge in [-0.3, -0.25) is 4.90 Å². The highest BCUT2D eigenvalue weighted by atomic mass is 16.1. The molecule has 2 nitrogen and oxygen atoms in total. The van der Waals surface area contributed by atoms with Gasteiger partial charge in [0.15, 0.2) is 0 Å². The fraction of sp³-hybridized carbons (Fsp3) is 0.700. The minimum atomic E-state index is 0.251. The Morgan fingerprint density at radius 2 is 2.42 bits per heavy atom. The van der Waals surface area contributed by atoms with E-state index in [9.17, 15) is 4.79 Å². The molecule has 1 rings (SSSR count). The van der Waals surface area contributed by atoms with Crippen LogP contribution in [0, 0.1) is 5.92 Å². The molecule has 0 amide bonds. The van der Waals surface area contributed by atoms with Crippen molar-refractivity contribution >= 4 is 6.29 Å². The van der Waals surface area contributed by atoms with Gasteiger partial charge in [0.2, 0.25) is 0 Å². The van der Waals surface area contributed by atoms with E-state index in [0.717, 1.165) is 32.2 Å². The number of likely N-dealkylation sites (tertiary alicyclic amines) is 1. The van der Waals surface area contributed by atoms with Crippen molar-refractivity contribution in [2.24, 2.45) is 5.92 Å². The Morgan fingerprint density at radius 1 is 1.67 bits per heavy atom. The van der Waals surface area contributed by atoms with Gasteiger partial charge in [-0.2, -0.15) is 0 Å². The smallest absolute Gasteiger partial charge is 0.124 e. The Kier molecular flexibility index (Phi) is 3.48. The molecule has 1 aliphatic rings. The van der Waals surface area contributed by atoms with Crippen LogP contribution in [0.1, 0.15) is 19.8 Å². The minimum Gasteiger partial charge on any atom is -0.303 e. The van der Waals surface area contributed by atoms with Crippen molar-refractivity contribution in [3.8, 4) is 0 Å². The summed E-state index contributed by atoms with van der Waals surface area (Å²) in [5, 5.41) is 0. The van der Waals surface area contributed by atoms with E-state index in [1.165, 1.54) is 0 Å². The monoisotopic (exact) mass is 167 g/mol. The topological polar surface area (TPSA) is 20.3 Å². The van der Waals surface area contributed by atoms with Crippen LogP contribution >= 0.6 is 0 Å². The molecule has 0 aliphatic carbocycles. The molecule has 0 aromatic carbocycles. The van der Waals surface area contributed by atoms with E-state index in [2.05, 4.69) is 18.4 Å². The van der Waals surface area contributed by atoms with Crippen LogP contribution in [0.5, 0.6) is 0 Å². The van der Waals surface area contributed by atoms with Crippen LogP contribution in [0.3, 0.4) is 0 Å². The number of piperidine rings is 1. The van der Waals surface area contributed by atoms with E-state index in [0.29, 0.717) is 6.04 Å². The van der Waals surface area contributed by atoms with E-state index in [4.69, 9.17) is 0 Å². The van der Waals surface area contributed by atoms with Crippen molar-refractivity contribution in [3.63, 3.8) is 0 Å². The summed E-state index contributed by atoms with van der Waals surface area (Å²) in [5.74, 6) is 0.251. The average Bonchev–Trinajstić information content (AvgIpc) is 2.17. The van der Waals surface area contributed by atoms with Gasteiger partial charge in [0, 0.05) is 18.5 Å². The predicted molar refractivity (Wildman–Crippen MR) is 50.0 cm³/mol. The van der Waals surface area contributed by atoms with Gasteiger partial charge >= 0.3 is 0 Å². The van der Waals surface area contributed by atoms with Gasteiger partial charge in [0.1, 0.15) is 6.29 Å². The van der Waals surface area contributed by atoms with Gasteiger partial charge in [-0.05, 0) is 26.3 Å². The van der Waals surface area contributed by atoms with Crippen LogP contribution in [0.25, 0.3) is 0 Å². The van der Waals surface area contributed by atoms with Crippen molar-refractivity contribution in [3.05, 3.63) is 12.7 Å². The van der Waals surface area contributed by atoms with Gasteiger partial charge in [0.25, 0.3) is 0 Å². The highest BCUT2D eigenvalue weighted by Gasteiger charge is 2.21. The molecular formula is C10H17NO. The summed E-state index contributed by atoms with van der Waals surface area (Å²) in [6.45, 7) is 7.90. The number of hydrogen-bond acceptors (Lipinski definition) is 2. The zero-order valence-corrected chi connectivity index (χ0v) is 7.70. The third kappa shape index (κ3) is 2.18. The fourth-order valence-electron chi connectivity index (χ4n) is 1.67. The average molecular weight is 167 g/mol. The molecule has 1 saturated heterocycles. The van der Waals surface area contributed by atoms with E-state index in [1.54, 1.807) is 0 Å². The second kappa shape index (κ2) is 4.41. The predicted octanol–water partition coefficient (Wildman–Crippen LogP) is 1.47. The highest BCUT2D eigenvalue weighted by molar-refractivity contribution is 5.53. The molecule has 2 atom stereocenters. The molecule has 1 fully saturated rings. The van der Waals surface area contributed by atoms with Crippen molar-refractivity contribution in [1.29, 1.82) is 0 Å². The Labute approximate surface area is 74.2 Å². The van der Waals surface area contributed by atoms with Gasteiger partial charge in [-0.1, -0.05) is 6.08 Å². The van der Waals surface area contributed by atoms with Crippen LogP contribution in [-0.4, -0.2) is 30.3 Å². The molecule has 0 aromatic rings. The third-order valence-corrected chi connectivity index (χ3v) is 2.60. The zero-order chi connectivity index (χ0) is 8.97. The summed E-state index contributed by atoms with van der Waals surface area (Å²) < 4.78 is 0. The maximum atomic E-state index is 10.6. The number of nitrogens with zero attached hydrogens (tertiary/aromatic N) is 1. The zero-order valence-electron chi connectivity index (χ0n) is 7.70. The Bertz CT molecular complexity index is 161. The summed E-state index contributed by atoms with van der Waals surface area (Å²) in [6, 6.07) is 0.410. The molecule has 68 valence electrons. The lowest BCUT2D eigenvalue weighted by molar-refractivity contribution is -0.112. The second-order valence-electron chi connectivity index (χ2n) is 3.51. The van der Waals surface area contributed by atoms with Crippen molar-refractivity contribution in [2.45, 2.75) is 25.8 Å². The molecule has 1 heterocycles. The number of rotatable bonds is 3. The fourth-order valence-corrected chi connectivity index (χ4v) is 1.67. The van der Waals surface area contributed by atoms with E-state index >= 15 is 0 Å². The van der Waals surface area contributed by atoms with Gasteiger partial charge < -0.3 is 4.79 Å². The lowest BCUT2D eigenvalue weighted by atomic mass is 9.98. The van der Waals surface area contributed by atoms with E-state index in [1.807, 2.05) is 6.08 Å². The summed E-state index contributed by atoms with van der Waals surface area (Å²) in [7, 11) is 0. The largest absolute Gasteiger partial charge is 0.303 e. The molecular weight excluding hydrogens is 150 g/mol. The van der Waals surface area contributed by atoms with E-state index in [-0.39, 0.29) is 5.92 Å². The first-order valence-electron chi connectivity index (χ1n) is 4.60. The second-order valence-corrected chi connectivity index (χ2v) is 3.51. The lowest BCUT2D eigenvalue weighted by Crippen LogP contribution is -2.40. The lowest BCUT2D eigenvalue weighted by Gasteiger charge is -2.33. The molecule has 2 heteroatoms. The van der Waals surface area contributed by atoms with E-state index < -0.39 is 0 Å². The molecule has 0 radical (unpaired) electrons. The Hall–Kier alpha value is -0.630. The van der Waals surface area contributed by atoms with Gasteiger partial charge in [0.05, 0.1) is 0 Å².